The van der Waals surface area contributed by atoms with Crippen LogP contribution in [0.5, 0.6) is 0 Å². The Kier molecular flexibility index (Phi) is 7.19. The van der Waals surface area contributed by atoms with E-state index in [2.05, 4.69) is 63.2 Å². The summed E-state index contributed by atoms with van der Waals surface area (Å²) in [6.07, 6.45) is 4.45. The van der Waals surface area contributed by atoms with Crippen molar-refractivity contribution in [2.75, 3.05) is 0 Å². The molecule has 0 radical (unpaired) electrons. The normalized spacial score (nSPS) is 11.8. The third-order valence-corrected chi connectivity index (χ3v) is 6.42. The first-order valence-electron chi connectivity index (χ1n) is 11.0. The molecule has 4 rings (SSSR count). The Bertz CT molecular complexity index is 1200. The molecule has 168 valence electrons. The number of aromatic nitrogens is 4. The summed E-state index contributed by atoms with van der Waals surface area (Å²) < 4.78 is 2.06. The quantitative estimate of drug-likeness (QED) is 0.356. The number of carbonyl (C=O) groups is 1. The molecule has 0 saturated carbocycles. The SMILES string of the molecule is CC[C@@H](C)NC(=O)c1ccc(CSc2nnc(-c3cccnc3)n2-c2ccc(C)cc2)cc1. The van der Waals surface area contributed by atoms with E-state index >= 15 is 0 Å². The van der Waals surface area contributed by atoms with Gasteiger partial charge in [0, 0.05) is 41.0 Å². The molecule has 1 amide bonds. The fourth-order valence-corrected chi connectivity index (χ4v) is 4.19. The lowest BCUT2D eigenvalue weighted by atomic mass is 10.1. The van der Waals surface area contributed by atoms with Gasteiger partial charge in [-0.3, -0.25) is 14.3 Å². The molecule has 0 aliphatic carbocycles. The molecule has 33 heavy (non-hydrogen) atoms. The van der Waals surface area contributed by atoms with Crippen LogP contribution in [0, 0.1) is 6.92 Å². The number of benzene rings is 2. The topological polar surface area (TPSA) is 72.7 Å². The molecule has 6 nitrogen and oxygen atoms in total. The Hall–Kier alpha value is -3.45. The van der Waals surface area contributed by atoms with Gasteiger partial charge in [0.15, 0.2) is 11.0 Å². The Morgan fingerprint density at radius 1 is 1.06 bits per heavy atom. The van der Waals surface area contributed by atoms with E-state index in [0.29, 0.717) is 11.3 Å². The molecule has 0 unspecified atom stereocenters. The number of thioether (sulfide) groups is 1. The summed E-state index contributed by atoms with van der Waals surface area (Å²) in [5, 5.41) is 12.8. The average Bonchev–Trinajstić information content (AvgIpc) is 3.28. The van der Waals surface area contributed by atoms with Crippen molar-refractivity contribution < 1.29 is 4.79 Å². The van der Waals surface area contributed by atoms with Gasteiger partial charge in [0.05, 0.1) is 0 Å². The second-order valence-electron chi connectivity index (χ2n) is 7.99. The number of nitrogens with one attached hydrogen (secondary N) is 1. The van der Waals surface area contributed by atoms with Crippen molar-refractivity contribution in [3.8, 4) is 17.1 Å². The lowest BCUT2D eigenvalue weighted by Gasteiger charge is -2.12. The highest BCUT2D eigenvalue weighted by Crippen LogP contribution is 2.29. The monoisotopic (exact) mass is 457 g/mol. The number of hydrogen-bond donors (Lipinski definition) is 1. The van der Waals surface area contributed by atoms with Crippen LogP contribution in [0.1, 0.15) is 41.8 Å². The molecule has 0 aliphatic heterocycles. The smallest absolute Gasteiger partial charge is 0.251 e. The van der Waals surface area contributed by atoms with E-state index in [-0.39, 0.29) is 11.9 Å². The summed E-state index contributed by atoms with van der Waals surface area (Å²) in [6.45, 7) is 6.13. The van der Waals surface area contributed by atoms with Crippen molar-refractivity contribution >= 4 is 17.7 Å². The Morgan fingerprint density at radius 2 is 1.82 bits per heavy atom. The molecule has 7 heteroatoms. The number of rotatable bonds is 8. The maximum absolute atomic E-state index is 12.3. The number of carbonyl (C=O) groups excluding carboxylic acids is 1. The van der Waals surface area contributed by atoms with Crippen molar-refractivity contribution in [2.45, 2.75) is 44.1 Å². The highest BCUT2D eigenvalue weighted by Gasteiger charge is 2.16. The third-order valence-electron chi connectivity index (χ3n) is 5.42. The molecular formula is C26H27N5OS. The predicted octanol–water partition coefficient (Wildman–Crippen LogP) is 5.46. The van der Waals surface area contributed by atoms with Gasteiger partial charge in [-0.15, -0.1) is 10.2 Å². The molecule has 0 spiro atoms. The Morgan fingerprint density at radius 3 is 2.48 bits per heavy atom. The van der Waals surface area contributed by atoms with Crippen LogP contribution >= 0.6 is 11.8 Å². The van der Waals surface area contributed by atoms with Gasteiger partial charge in [-0.25, -0.2) is 0 Å². The first-order valence-corrected chi connectivity index (χ1v) is 12.0. The molecule has 0 aliphatic rings. The van der Waals surface area contributed by atoms with E-state index in [0.717, 1.165) is 34.2 Å². The van der Waals surface area contributed by atoms with E-state index in [1.165, 1.54) is 5.56 Å². The maximum Gasteiger partial charge on any atom is 0.251 e. The maximum atomic E-state index is 12.3. The average molecular weight is 458 g/mol. The van der Waals surface area contributed by atoms with Crippen molar-refractivity contribution in [2.24, 2.45) is 0 Å². The van der Waals surface area contributed by atoms with Crippen LogP contribution in [0.3, 0.4) is 0 Å². The van der Waals surface area contributed by atoms with Gasteiger partial charge in [-0.1, -0.05) is 48.5 Å². The summed E-state index contributed by atoms with van der Waals surface area (Å²) in [5.74, 6) is 1.43. The minimum absolute atomic E-state index is 0.0382. The van der Waals surface area contributed by atoms with Gasteiger partial charge in [-0.05, 0) is 62.2 Å². The van der Waals surface area contributed by atoms with Gasteiger partial charge in [0.1, 0.15) is 0 Å². The van der Waals surface area contributed by atoms with Crippen molar-refractivity contribution in [3.63, 3.8) is 0 Å². The first-order chi connectivity index (χ1) is 16.0. The van der Waals surface area contributed by atoms with Crippen molar-refractivity contribution in [1.29, 1.82) is 0 Å². The molecule has 0 bridgehead atoms. The zero-order valence-corrected chi connectivity index (χ0v) is 19.8. The predicted molar refractivity (Wildman–Crippen MR) is 133 cm³/mol. The van der Waals surface area contributed by atoms with E-state index in [9.17, 15) is 4.79 Å². The molecule has 1 N–H and O–H groups in total. The number of hydrogen-bond acceptors (Lipinski definition) is 5. The molecule has 2 aromatic carbocycles. The third kappa shape index (κ3) is 5.49. The minimum atomic E-state index is -0.0382. The number of nitrogens with zero attached hydrogens (tertiary/aromatic N) is 4. The zero-order chi connectivity index (χ0) is 23.2. The van der Waals surface area contributed by atoms with E-state index in [4.69, 9.17) is 0 Å². The van der Waals surface area contributed by atoms with Gasteiger partial charge < -0.3 is 5.32 Å². The Labute approximate surface area is 198 Å². The van der Waals surface area contributed by atoms with Gasteiger partial charge in [-0.2, -0.15) is 0 Å². The number of aryl methyl sites for hydroxylation is 1. The molecule has 2 heterocycles. The van der Waals surface area contributed by atoms with Crippen LogP contribution in [0.15, 0.2) is 78.2 Å². The summed E-state index contributed by atoms with van der Waals surface area (Å²) in [7, 11) is 0. The molecular weight excluding hydrogens is 430 g/mol. The summed E-state index contributed by atoms with van der Waals surface area (Å²) >= 11 is 1.61. The number of amides is 1. The highest BCUT2D eigenvalue weighted by molar-refractivity contribution is 7.98. The Balaban J connectivity index is 1.55. The molecule has 0 fully saturated rings. The van der Waals surface area contributed by atoms with Crippen LogP contribution in [0.2, 0.25) is 0 Å². The summed E-state index contributed by atoms with van der Waals surface area (Å²) in [6, 6.07) is 20.1. The van der Waals surface area contributed by atoms with Crippen LogP contribution in [-0.4, -0.2) is 31.7 Å². The van der Waals surface area contributed by atoms with Gasteiger partial charge >= 0.3 is 0 Å². The molecule has 4 aromatic rings. The van der Waals surface area contributed by atoms with E-state index in [1.807, 2.05) is 43.3 Å². The van der Waals surface area contributed by atoms with Crippen molar-refractivity contribution in [1.82, 2.24) is 25.1 Å². The molecule has 2 aromatic heterocycles. The van der Waals surface area contributed by atoms with Gasteiger partial charge in [0.25, 0.3) is 5.91 Å². The first kappa shape index (κ1) is 22.7. The minimum Gasteiger partial charge on any atom is -0.350 e. The molecule has 1 atom stereocenters. The van der Waals surface area contributed by atoms with E-state index in [1.54, 1.807) is 24.2 Å². The second kappa shape index (κ2) is 10.4. The van der Waals surface area contributed by atoms with E-state index < -0.39 is 0 Å². The van der Waals surface area contributed by atoms with Crippen LogP contribution in [-0.2, 0) is 5.75 Å². The lowest BCUT2D eigenvalue weighted by Crippen LogP contribution is -2.31. The molecule has 0 saturated heterocycles. The fourth-order valence-electron chi connectivity index (χ4n) is 3.28. The summed E-state index contributed by atoms with van der Waals surface area (Å²) in [5.41, 5.74) is 4.90. The van der Waals surface area contributed by atoms with Gasteiger partial charge in [0.2, 0.25) is 0 Å². The summed E-state index contributed by atoms with van der Waals surface area (Å²) in [4.78, 5) is 16.6. The van der Waals surface area contributed by atoms with Crippen molar-refractivity contribution in [3.05, 3.63) is 89.7 Å². The lowest BCUT2D eigenvalue weighted by molar-refractivity contribution is 0.0939. The zero-order valence-electron chi connectivity index (χ0n) is 19.0. The fraction of sp³-hybridized carbons (Fsp3) is 0.231. The van der Waals surface area contributed by atoms with Crippen LogP contribution < -0.4 is 5.32 Å². The second-order valence-corrected chi connectivity index (χ2v) is 8.93. The number of pyridine rings is 1. The van der Waals surface area contributed by atoms with Crippen LogP contribution in [0.4, 0.5) is 0 Å². The highest BCUT2D eigenvalue weighted by atomic mass is 32.2. The largest absolute Gasteiger partial charge is 0.350 e. The van der Waals surface area contributed by atoms with Crippen LogP contribution in [0.25, 0.3) is 17.1 Å². The standard InChI is InChI=1S/C26H27N5OS/c1-4-19(3)28-25(32)21-11-9-20(10-12-21)17-33-26-30-29-24(22-6-5-15-27-16-22)31(26)23-13-7-18(2)8-14-23/h5-16,19H,4,17H2,1-3H3,(H,28,32)/t19-/m1/s1.